The summed E-state index contributed by atoms with van der Waals surface area (Å²) in [6, 6.07) is 0. The van der Waals surface area contributed by atoms with Crippen LogP contribution in [0.4, 0.5) is 0 Å². The minimum absolute atomic E-state index is 0. The maximum Gasteiger partial charge on any atom is 3.00 e. The molecule has 11 heavy (non-hydrogen) atoms. The monoisotopic (exact) mass is 263 g/mol. The van der Waals surface area contributed by atoms with Crippen LogP contribution in [0.15, 0.2) is 0 Å². The van der Waals surface area contributed by atoms with Crippen LogP contribution in [-0.4, -0.2) is 5.48 Å². The van der Waals surface area contributed by atoms with E-state index in [9.17, 15) is 0 Å². The zero-order valence-corrected chi connectivity index (χ0v) is 8.43. The van der Waals surface area contributed by atoms with Crippen molar-refractivity contribution in [3.63, 3.8) is 0 Å². The summed E-state index contributed by atoms with van der Waals surface area (Å²) in [5.41, 5.74) is 0. The molecule has 2 N–H and O–H groups in total. The first-order chi connectivity index (χ1) is 4.24. The minimum Gasteiger partial charge on any atom is -0.772 e. The second-order valence-corrected chi connectivity index (χ2v) is 0.671. The van der Waals surface area contributed by atoms with E-state index in [4.69, 9.17) is 28.4 Å². The van der Waals surface area contributed by atoms with Gasteiger partial charge in [0, 0.05) is 0 Å². The summed E-state index contributed by atoms with van der Waals surface area (Å²) in [5, 5.41) is 0. The Morgan fingerprint density at radius 1 is 0.727 bits per heavy atom. The predicted molar refractivity (Wildman–Crippen MR) is 26.4 cm³/mol. The third kappa shape index (κ3) is 1840. The number of hydrogen-bond acceptors (Lipinski definition) is 6. The normalized spacial score (nSPS) is 5.73. The van der Waals surface area contributed by atoms with Gasteiger partial charge in [-0.1, -0.05) is 0 Å². The molecule has 0 aliphatic carbocycles. The van der Waals surface area contributed by atoms with Gasteiger partial charge >= 0.3 is 17.1 Å². The van der Waals surface area contributed by atoms with Crippen LogP contribution in [0.3, 0.4) is 0 Å². The zero-order chi connectivity index (χ0) is 8.12. The van der Waals surface area contributed by atoms with Gasteiger partial charge in [-0.3, -0.25) is 13.7 Å². The molecule has 0 bridgehead atoms. The van der Waals surface area contributed by atoms with Gasteiger partial charge in [-0.15, -0.1) is 0 Å². The van der Waals surface area contributed by atoms with Crippen LogP contribution >= 0.6 is 26.1 Å². The SMILES string of the molecule is O.O=P[O-].O=P[O-].O=P[O-].[Fe+3]. The van der Waals surface area contributed by atoms with Crippen LogP contribution in [0.2, 0.25) is 0 Å². The molecule has 0 spiro atoms. The van der Waals surface area contributed by atoms with E-state index in [0.29, 0.717) is 0 Å². The Morgan fingerprint density at radius 3 is 0.727 bits per heavy atom. The van der Waals surface area contributed by atoms with Gasteiger partial charge in [0.15, 0.2) is 0 Å². The van der Waals surface area contributed by atoms with E-state index in [1.54, 1.807) is 0 Å². The van der Waals surface area contributed by atoms with Crippen molar-refractivity contribution in [2.45, 2.75) is 0 Å². The van der Waals surface area contributed by atoms with E-state index in [2.05, 4.69) is 0 Å². The van der Waals surface area contributed by atoms with Crippen LogP contribution < -0.4 is 14.7 Å². The van der Waals surface area contributed by atoms with Crippen LogP contribution in [0.1, 0.15) is 0 Å². The average Bonchev–Trinajstić information content (AvgIpc) is 1.70. The molecule has 0 aromatic heterocycles. The molecule has 0 heterocycles. The van der Waals surface area contributed by atoms with E-state index < -0.39 is 26.1 Å². The van der Waals surface area contributed by atoms with Crippen LogP contribution in [0.5, 0.6) is 0 Å². The van der Waals surface area contributed by atoms with Crippen molar-refractivity contribution < 1.29 is 50.9 Å². The Morgan fingerprint density at radius 2 is 0.727 bits per heavy atom. The molecule has 67 valence electrons. The molecule has 0 aromatic rings. The van der Waals surface area contributed by atoms with Gasteiger partial charge in [-0.05, 0) is 0 Å². The van der Waals surface area contributed by atoms with E-state index in [-0.39, 0.29) is 22.5 Å². The summed E-state index contributed by atoms with van der Waals surface area (Å²) >= 11 is 0. The molecular formula is H2FeO7P3. The molecule has 7 nitrogen and oxygen atoms in total. The topological polar surface area (TPSA) is 152 Å². The molecule has 1 radical (unpaired) electrons. The smallest absolute Gasteiger partial charge is 0.772 e. The number of rotatable bonds is 0. The van der Waals surface area contributed by atoms with Crippen LogP contribution in [0, 0.1) is 0 Å². The minimum atomic E-state index is -1.08. The van der Waals surface area contributed by atoms with E-state index in [1.165, 1.54) is 0 Å². The molecule has 0 fully saturated rings. The van der Waals surface area contributed by atoms with Crippen LogP contribution in [-0.2, 0) is 30.8 Å². The summed E-state index contributed by atoms with van der Waals surface area (Å²) in [4.78, 5) is 25.0. The fourth-order valence-corrected chi connectivity index (χ4v) is 0. The molecule has 0 amide bonds. The van der Waals surface area contributed by atoms with E-state index in [1.807, 2.05) is 0 Å². The first-order valence-electron chi connectivity index (χ1n) is 1.10. The maximum absolute atomic E-state index is 8.35. The predicted octanol–water partition coefficient (Wildman–Crippen LogP) is -2.17. The van der Waals surface area contributed by atoms with Crippen molar-refractivity contribution in [2.24, 2.45) is 0 Å². The standard InChI is InChI=1S/Fe.3HO2P.H2O/c;3*1-3-2;/h;3*(H,1,2);1H2/q+3;;;;/p-3. The summed E-state index contributed by atoms with van der Waals surface area (Å²) in [7, 11) is -3.25. The Hall–Kier alpha value is 0.659. The molecule has 0 aliphatic rings. The van der Waals surface area contributed by atoms with Crippen molar-refractivity contribution in [2.75, 3.05) is 0 Å². The first-order valence-corrected chi connectivity index (χ1v) is 3.29. The molecular weight excluding hydrogens is 261 g/mol. The third-order valence-electron chi connectivity index (χ3n) is 0. The van der Waals surface area contributed by atoms with Crippen molar-refractivity contribution >= 4 is 26.1 Å². The molecule has 0 atom stereocenters. The van der Waals surface area contributed by atoms with Crippen LogP contribution in [0.25, 0.3) is 0 Å². The first kappa shape index (κ1) is 29.9. The Bertz CT molecular complexity index is 50.4. The fraction of sp³-hybridized carbons (Fsp3) is 0. The largest absolute Gasteiger partial charge is 3.00 e. The average molecular weight is 263 g/mol. The zero-order valence-electron chi connectivity index (χ0n) is 4.64. The second kappa shape index (κ2) is 74.3. The summed E-state index contributed by atoms with van der Waals surface area (Å²) in [6.07, 6.45) is 0. The summed E-state index contributed by atoms with van der Waals surface area (Å²) < 4.78 is 25.0. The van der Waals surface area contributed by atoms with Crippen molar-refractivity contribution in [3.05, 3.63) is 0 Å². The van der Waals surface area contributed by atoms with Gasteiger partial charge < -0.3 is 20.2 Å². The Kier molecular flexibility index (Phi) is 202. The number of hydrogen-bond donors (Lipinski definition) is 0. The summed E-state index contributed by atoms with van der Waals surface area (Å²) in [6.45, 7) is 0. The molecule has 0 aliphatic heterocycles. The Balaban J connectivity index is -0.0000000150. The summed E-state index contributed by atoms with van der Waals surface area (Å²) in [5.74, 6) is 0. The van der Waals surface area contributed by atoms with Gasteiger partial charge in [-0.2, -0.15) is 0 Å². The van der Waals surface area contributed by atoms with Gasteiger partial charge in [0.05, 0.1) is 26.1 Å². The van der Waals surface area contributed by atoms with Gasteiger partial charge in [-0.25, -0.2) is 0 Å². The molecule has 11 heteroatoms. The molecule has 0 saturated heterocycles. The molecule has 0 rings (SSSR count). The van der Waals surface area contributed by atoms with E-state index in [0.717, 1.165) is 0 Å². The van der Waals surface area contributed by atoms with Gasteiger partial charge in [0.25, 0.3) is 0 Å². The van der Waals surface area contributed by atoms with Gasteiger partial charge in [0.2, 0.25) is 0 Å². The van der Waals surface area contributed by atoms with Crippen molar-refractivity contribution in [1.29, 1.82) is 0 Å². The molecule has 0 unspecified atom stereocenters. The fourth-order valence-electron chi connectivity index (χ4n) is 0. The Labute approximate surface area is 77.5 Å². The van der Waals surface area contributed by atoms with Crippen molar-refractivity contribution in [1.82, 2.24) is 0 Å². The second-order valence-electron chi connectivity index (χ2n) is 0.224. The van der Waals surface area contributed by atoms with E-state index >= 15 is 0 Å². The van der Waals surface area contributed by atoms with Crippen molar-refractivity contribution in [3.8, 4) is 0 Å². The quantitative estimate of drug-likeness (QED) is 0.358. The van der Waals surface area contributed by atoms with Gasteiger partial charge in [0.1, 0.15) is 0 Å². The molecule has 0 aromatic carbocycles. The maximum atomic E-state index is 8.35. The third-order valence-corrected chi connectivity index (χ3v) is 0. The molecule has 0 saturated carbocycles.